The van der Waals surface area contributed by atoms with Gasteiger partial charge in [-0.1, -0.05) is 48.5 Å². The summed E-state index contributed by atoms with van der Waals surface area (Å²) in [5, 5.41) is 0. The molecule has 42 heavy (non-hydrogen) atoms. The van der Waals surface area contributed by atoms with Gasteiger partial charge in [-0.15, -0.1) is 0 Å². The fourth-order valence-electron chi connectivity index (χ4n) is 7.84. The van der Waals surface area contributed by atoms with E-state index in [0.29, 0.717) is 0 Å². The van der Waals surface area contributed by atoms with Crippen molar-refractivity contribution < 1.29 is 0 Å². The third-order valence-electron chi connectivity index (χ3n) is 11.9. The molecule has 0 unspecified atom stereocenters. The van der Waals surface area contributed by atoms with Gasteiger partial charge in [-0.25, -0.2) is 0 Å². The van der Waals surface area contributed by atoms with Gasteiger partial charge in [-0.2, -0.15) is 0 Å². The van der Waals surface area contributed by atoms with Crippen LogP contribution in [0.25, 0.3) is 0 Å². The zero-order chi connectivity index (χ0) is 30.7. The van der Waals surface area contributed by atoms with Crippen molar-refractivity contribution in [2.24, 2.45) is 0 Å². The third-order valence-corrected chi connectivity index (χ3v) is 11.9. The molecule has 0 aliphatic heterocycles. The van der Waals surface area contributed by atoms with Crippen molar-refractivity contribution in [1.29, 1.82) is 0 Å². The standard InChI is InChI=1S/C42H52/c1-25-17-37(18-26(2)33(25)9)41(38-19-27(3)34(10)28(4)20-38)13-15-42(16-14-41,39-21-29(5)35(11)30(6)22-39)40-23-31(7)36(12)32(8)24-40/h17-24H,13-16H2,1-12H3. The molecular weight excluding hydrogens is 504 g/mol. The second kappa shape index (κ2) is 10.9. The van der Waals surface area contributed by atoms with Gasteiger partial charge in [-0.3, -0.25) is 0 Å². The lowest BCUT2D eigenvalue weighted by Crippen LogP contribution is -2.41. The zero-order valence-electron chi connectivity index (χ0n) is 28.4. The summed E-state index contributed by atoms with van der Waals surface area (Å²) in [6.45, 7) is 27.5. The summed E-state index contributed by atoms with van der Waals surface area (Å²) in [7, 11) is 0. The molecule has 0 heterocycles. The summed E-state index contributed by atoms with van der Waals surface area (Å²) in [5.41, 5.74) is 23.0. The van der Waals surface area contributed by atoms with Gasteiger partial charge >= 0.3 is 0 Å². The van der Waals surface area contributed by atoms with Gasteiger partial charge in [0, 0.05) is 10.8 Å². The highest BCUT2D eigenvalue weighted by atomic mass is 14.5. The molecule has 1 saturated carbocycles. The first kappa shape index (κ1) is 30.3. The van der Waals surface area contributed by atoms with Crippen molar-refractivity contribution in [3.05, 3.63) is 138 Å². The van der Waals surface area contributed by atoms with Crippen LogP contribution in [-0.4, -0.2) is 0 Å². The van der Waals surface area contributed by atoms with Gasteiger partial charge < -0.3 is 0 Å². The Labute approximate surface area is 256 Å². The van der Waals surface area contributed by atoms with Crippen LogP contribution in [0.1, 0.15) is 115 Å². The Hall–Kier alpha value is -3.12. The summed E-state index contributed by atoms with van der Waals surface area (Å²) in [6, 6.07) is 20.1. The van der Waals surface area contributed by atoms with Crippen LogP contribution in [0.2, 0.25) is 0 Å². The number of rotatable bonds is 4. The topological polar surface area (TPSA) is 0 Å². The first-order valence-corrected chi connectivity index (χ1v) is 16.0. The van der Waals surface area contributed by atoms with Gasteiger partial charge in [0.05, 0.1) is 0 Å². The first-order chi connectivity index (χ1) is 19.7. The van der Waals surface area contributed by atoms with Crippen LogP contribution >= 0.6 is 0 Å². The SMILES string of the molecule is Cc1cc(C2(c3cc(C)c(C)c(C)c3)CCC(c3cc(C)c(C)c(C)c3)(c3cc(C)c(C)c(C)c3)CC2)cc(C)c1C. The average molecular weight is 557 g/mol. The predicted molar refractivity (Wildman–Crippen MR) is 183 cm³/mol. The fourth-order valence-corrected chi connectivity index (χ4v) is 7.84. The second-order valence-electron chi connectivity index (χ2n) is 14.1. The highest BCUT2D eigenvalue weighted by molar-refractivity contribution is 5.54. The van der Waals surface area contributed by atoms with E-state index >= 15 is 0 Å². The van der Waals surface area contributed by atoms with Crippen LogP contribution in [0.3, 0.4) is 0 Å². The molecule has 0 saturated heterocycles. The van der Waals surface area contributed by atoms with E-state index < -0.39 is 0 Å². The molecular formula is C42H52. The molecule has 4 aromatic rings. The van der Waals surface area contributed by atoms with E-state index in [1.54, 1.807) is 0 Å². The molecule has 0 spiro atoms. The van der Waals surface area contributed by atoms with Crippen LogP contribution in [0, 0.1) is 83.1 Å². The molecule has 0 N–H and O–H groups in total. The molecule has 0 amide bonds. The molecule has 0 heteroatoms. The van der Waals surface area contributed by atoms with E-state index in [9.17, 15) is 0 Å². The van der Waals surface area contributed by atoms with E-state index in [4.69, 9.17) is 0 Å². The quantitative estimate of drug-likeness (QED) is 0.234. The maximum atomic E-state index is 2.51. The summed E-state index contributed by atoms with van der Waals surface area (Å²) in [6.07, 6.45) is 4.54. The number of hydrogen-bond donors (Lipinski definition) is 0. The van der Waals surface area contributed by atoms with Gasteiger partial charge in [-0.05, 0) is 198 Å². The highest BCUT2D eigenvalue weighted by Crippen LogP contribution is 2.55. The lowest BCUT2D eigenvalue weighted by atomic mass is 9.54. The van der Waals surface area contributed by atoms with Crippen LogP contribution in [-0.2, 0) is 10.8 Å². The Balaban J connectivity index is 1.75. The van der Waals surface area contributed by atoms with Crippen molar-refractivity contribution in [1.82, 2.24) is 0 Å². The van der Waals surface area contributed by atoms with Crippen molar-refractivity contribution in [2.75, 3.05) is 0 Å². The third kappa shape index (κ3) is 4.86. The van der Waals surface area contributed by atoms with Gasteiger partial charge in [0.25, 0.3) is 0 Å². The first-order valence-electron chi connectivity index (χ1n) is 16.0. The zero-order valence-corrected chi connectivity index (χ0v) is 28.4. The average Bonchev–Trinajstić information content (AvgIpc) is 2.95. The molecule has 0 atom stereocenters. The molecule has 0 aromatic heterocycles. The number of benzene rings is 4. The maximum Gasteiger partial charge on any atom is 0.0204 e. The van der Waals surface area contributed by atoms with Crippen molar-refractivity contribution in [3.8, 4) is 0 Å². The largest absolute Gasteiger partial charge is 0.0549 e. The fraction of sp³-hybridized carbons (Fsp3) is 0.429. The summed E-state index contributed by atoms with van der Waals surface area (Å²) in [4.78, 5) is 0. The summed E-state index contributed by atoms with van der Waals surface area (Å²) < 4.78 is 0. The van der Waals surface area contributed by atoms with E-state index in [-0.39, 0.29) is 10.8 Å². The summed E-state index contributed by atoms with van der Waals surface area (Å²) in [5.74, 6) is 0. The molecule has 0 radical (unpaired) electrons. The molecule has 5 rings (SSSR count). The molecule has 0 bridgehead atoms. The Kier molecular flexibility index (Phi) is 7.84. The Morgan fingerprint density at radius 1 is 0.286 bits per heavy atom. The van der Waals surface area contributed by atoms with E-state index in [1.165, 1.54) is 89.0 Å². The van der Waals surface area contributed by atoms with Crippen molar-refractivity contribution >= 4 is 0 Å². The van der Waals surface area contributed by atoms with Crippen LogP contribution in [0.5, 0.6) is 0 Å². The molecule has 1 fully saturated rings. The molecule has 0 nitrogen and oxygen atoms in total. The number of aryl methyl sites for hydroxylation is 8. The Morgan fingerprint density at radius 2 is 0.429 bits per heavy atom. The molecule has 1 aliphatic carbocycles. The van der Waals surface area contributed by atoms with E-state index in [1.807, 2.05) is 0 Å². The second-order valence-corrected chi connectivity index (χ2v) is 14.1. The molecule has 220 valence electrons. The Morgan fingerprint density at radius 3 is 0.571 bits per heavy atom. The van der Waals surface area contributed by atoms with E-state index in [2.05, 4.69) is 132 Å². The molecule has 4 aromatic carbocycles. The molecule has 1 aliphatic rings. The lowest BCUT2D eigenvalue weighted by Gasteiger charge is -2.49. The van der Waals surface area contributed by atoms with Crippen LogP contribution in [0.15, 0.2) is 48.5 Å². The van der Waals surface area contributed by atoms with Crippen LogP contribution in [0.4, 0.5) is 0 Å². The minimum Gasteiger partial charge on any atom is -0.0549 e. The Bertz CT molecular complexity index is 1350. The smallest absolute Gasteiger partial charge is 0.0204 e. The number of hydrogen-bond acceptors (Lipinski definition) is 0. The van der Waals surface area contributed by atoms with Crippen molar-refractivity contribution in [3.63, 3.8) is 0 Å². The van der Waals surface area contributed by atoms with Gasteiger partial charge in [0.15, 0.2) is 0 Å². The van der Waals surface area contributed by atoms with Crippen molar-refractivity contribution in [2.45, 2.75) is 120 Å². The van der Waals surface area contributed by atoms with Gasteiger partial charge in [0.1, 0.15) is 0 Å². The summed E-state index contributed by atoms with van der Waals surface area (Å²) >= 11 is 0. The normalized spacial score (nSPS) is 16.1. The predicted octanol–water partition coefficient (Wildman–Crippen LogP) is 11.2. The monoisotopic (exact) mass is 556 g/mol. The highest BCUT2D eigenvalue weighted by Gasteiger charge is 2.47. The van der Waals surface area contributed by atoms with E-state index in [0.717, 1.165) is 25.7 Å². The lowest BCUT2D eigenvalue weighted by molar-refractivity contribution is 0.256. The van der Waals surface area contributed by atoms with Gasteiger partial charge in [0.2, 0.25) is 0 Å². The maximum absolute atomic E-state index is 2.51. The minimum absolute atomic E-state index is 0.000484. The van der Waals surface area contributed by atoms with Crippen LogP contribution < -0.4 is 0 Å². The minimum atomic E-state index is -0.000484.